The molecule has 2 saturated carbocycles. The van der Waals surface area contributed by atoms with E-state index in [1.54, 1.807) is 13.8 Å². The summed E-state index contributed by atoms with van der Waals surface area (Å²) in [4.78, 5) is 81.0. The molecule has 3 fully saturated rings. The number of rotatable bonds is 13. The maximum Gasteiger partial charge on any atom is 0.374 e. The van der Waals surface area contributed by atoms with Gasteiger partial charge in [0.2, 0.25) is 18.2 Å². The summed E-state index contributed by atoms with van der Waals surface area (Å²) in [5, 5.41) is 22.5. The number of carbonyl (C=O) groups excluding carboxylic acids is 5. The van der Waals surface area contributed by atoms with Gasteiger partial charge >= 0.3 is 23.9 Å². The van der Waals surface area contributed by atoms with Crippen molar-refractivity contribution < 1.29 is 57.3 Å². The molecule has 4 N–H and O–H groups in total. The fourth-order valence-corrected chi connectivity index (χ4v) is 6.33. The third-order valence-electron chi connectivity index (χ3n) is 8.27. The second-order valence-electron chi connectivity index (χ2n) is 12.5. The van der Waals surface area contributed by atoms with Crippen LogP contribution in [0, 0.1) is 16.7 Å². The molecule has 14 heteroatoms. The third-order valence-corrected chi connectivity index (χ3v) is 8.27. The van der Waals surface area contributed by atoms with Crippen LogP contribution in [0.4, 0.5) is 8.78 Å². The van der Waals surface area contributed by atoms with E-state index < -0.39 is 59.9 Å². The number of carboxylic acids is 2. The number of aliphatic carboxylic acids is 2. The van der Waals surface area contributed by atoms with Crippen LogP contribution in [0.1, 0.15) is 104 Å². The Bertz CT molecular complexity index is 1050. The number of hydrogen-bond donors (Lipinski definition) is 4. The van der Waals surface area contributed by atoms with Gasteiger partial charge in [-0.1, -0.05) is 39.5 Å². The fourth-order valence-electron chi connectivity index (χ4n) is 6.33. The number of alkyl halides is 2. The predicted molar refractivity (Wildman–Crippen MR) is 146 cm³/mol. The molecule has 1 heterocycles. The Hall–Kier alpha value is -3.45. The summed E-state index contributed by atoms with van der Waals surface area (Å²) < 4.78 is 30.0. The molecule has 1 saturated heterocycles. The van der Waals surface area contributed by atoms with Crippen molar-refractivity contribution in [2.45, 2.75) is 122 Å². The Morgan fingerprint density at radius 2 is 1.35 bits per heavy atom. The molecular formula is C29H42F2N2O10. The van der Waals surface area contributed by atoms with Crippen molar-refractivity contribution in [1.82, 2.24) is 10.6 Å². The number of cyclic esters (lactones) is 2. The molecule has 0 bridgehead atoms. The lowest BCUT2D eigenvalue weighted by Crippen LogP contribution is -2.53. The molecule has 3 rings (SSSR count). The van der Waals surface area contributed by atoms with Crippen molar-refractivity contribution in [3.8, 4) is 0 Å². The van der Waals surface area contributed by atoms with Crippen LogP contribution in [0.2, 0.25) is 0 Å². The summed E-state index contributed by atoms with van der Waals surface area (Å²) in [7, 11) is 0. The average Bonchev–Trinajstić information content (AvgIpc) is 3.50. The fraction of sp³-hybridized carbons (Fsp3) is 0.759. The lowest BCUT2D eigenvalue weighted by atomic mass is 9.78. The monoisotopic (exact) mass is 616 g/mol. The Kier molecular flexibility index (Phi) is 13.2. The van der Waals surface area contributed by atoms with E-state index in [9.17, 15) is 47.4 Å². The molecule has 1 aliphatic heterocycles. The lowest BCUT2D eigenvalue weighted by molar-refractivity contribution is -0.169. The van der Waals surface area contributed by atoms with E-state index in [0.717, 1.165) is 38.5 Å². The van der Waals surface area contributed by atoms with E-state index in [1.165, 1.54) is 0 Å². The Labute approximate surface area is 248 Å². The Balaban J connectivity index is 0.000000440. The summed E-state index contributed by atoms with van der Waals surface area (Å²) in [6.07, 6.45) is 3.64. The quantitative estimate of drug-likeness (QED) is 0.136. The van der Waals surface area contributed by atoms with E-state index in [1.807, 2.05) is 5.32 Å². The first-order chi connectivity index (χ1) is 20.0. The molecule has 0 aromatic heterocycles. The first-order valence-electron chi connectivity index (χ1n) is 14.7. The zero-order valence-corrected chi connectivity index (χ0v) is 24.6. The smallest absolute Gasteiger partial charge is 0.374 e. The second-order valence-corrected chi connectivity index (χ2v) is 12.5. The zero-order chi connectivity index (χ0) is 32.4. The van der Waals surface area contributed by atoms with Crippen LogP contribution in [0.3, 0.4) is 0 Å². The van der Waals surface area contributed by atoms with Crippen LogP contribution >= 0.6 is 0 Å². The molecule has 242 valence electrons. The highest BCUT2D eigenvalue weighted by Crippen LogP contribution is 2.46. The number of ketones is 1. The summed E-state index contributed by atoms with van der Waals surface area (Å²) in [6, 6.07) is -3.11. The van der Waals surface area contributed by atoms with Crippen molar-refractivity contribution in [2.75, 3.05) is 0 Å². The molecule has 0 radical (unpaired) electrons. The van der Waals surface area contributed by atoms with Gasteiger partial charge in [0.1, 0.15) is 12.1 Å². The van der Waals surface area contributed by atoms with Gasteiger partial charge in [-0.3, -0.25) is 28.8 Å². The van der Waals surface area contributed by atoms with E-state index >= 15 is 0 Å². The normalized spacial score (nSPS) is 20.1. The number of nitrogens with one attached hydrogen (secondary N) is 2. The molecule has 0 aromatic carbocycles. The number of carboxylic acid groups (broad SMARTS) is 2. The minimum absolute atomic E-state index is 0.00752. The SMILES string of the molecule is CC(C)C[C@H](NC(=O)CC1(CC(=O)O)CCCC1)C(=O)NC(CC(F)F)C(=O)C(=O)O.O=C1CC2(CCCC2)CC(=O)O1. The van der Waals surface area contributed by atoms with Gasteiger partial charge < -0.3 is 25.6 Å². The van der Waals surface area contributed by atoms with E-state index in [4.69, 9.17) is 5.11 Å². The molecule has 3 aliphatic rings. The van der Waals surface area contributed by atoms with Crippen LogP contribution in [-0.4, -0.2) is 70.2 Å². The van der Waals surface area contributed by atoms with Gasteiger partial charge in [0, 0.05) is 12.8 Å². The number of Topliss-reactive ketones (excluding diaryl/α,β-unsaturated/α-hetero) is 1. The van der Waals surface area contributed by atoms with Crippen LogP contribution in [0.5, 0.6) is 0 Å². The molecule has 0 aromatic rings. The molecule has 43 heavy (non-hydrogen) atoms. The summed E-state index contributed by atoms with van der Waals surface area (Å²) >= 11 is 0. The molecule has 1 unspecified atom stereocenters. The molecule has 12 nitrogen and oxygen atoms in total. The highest BCUT2D eigenvalue weighted by Gasteiger charge is 2.43. The summed E-state index contributed by atoms with van der Waals surface area (Å²) in [5.41, 5.74) is -0.710. The Morgan fingerprint density at radius 1 is 0.814 bits per heavy atom. The third kappa shape index (κ3) is 11.6. The number of ether oxygens (including phenoxy) is 1. The molecule has 1 spiro atoms. The average molecular weight is 617 g/mol. The van der Waals surface area contributed by atoms with Gasteiger partial charge in [0.15, 0.2) is 0 Å². The van der Waals surface area contributed by atoms with Crippen LogP contribution in [-0.2, 0) is 38.3 Å². The standard InChI is InChI=1S/C20H30F2N2O7.C9H12O3/c1-11(2)7-13(18(29)24-12(8-14(21)22)17(28)19(30)31)23-15(25)9-20(10-16(26)27)5-3-4-6-20;10-7-5-9(3-1-2-4-9)6-8(11)12-7/h11-14H,3-10H2,1-2H3,(H,23,25)(H,24,29)(H,26,27)(H,30,31);1-6H2/t12?,13-;/m0./s1. The first-order valence-corrected chi connectivity index (χ1v) is 14.7. The van der Waals surface area contributed by atoms with E-state index in [0.29, 0.717) is 25.7 Å². The zero-order valence-electron chi connectivity index (χ0n) is 24.6. The number of hydrogen-bond acceptors (Lipinski definition) is 8. The number of amides is 2. The van der Waals surface area contributed by atoms with Crippen molar-refractivity contribution in [2.24, 2.45) is 16.7 Å². The van der Waals surface area contributed by atoms with Crippen LogP contribution in [0.15, 0.2) is 0 Å². The van der Waals surface area contributed by atoms with Gasteiger partial charge in [-0.05, 0) is 48.9 Å². The largest absolute Gasteiger partial charge is 0.481 e. The molecule has 2 aliphatic carbocycles. The summed E-state index contributed by atoms with van der Waals surface area (Å²) in [6.45, 7) is 3.52. The van der Waals surface area contributed by atoms with Crippen LogP contribution in [0.25, 0.3) is 0 Å². The maximum absolute atomic E-state index is 12.7. The van der Waals surface area contributed by atoms with Gasteiger partial charge in [0.25, 0.3) is 5.78 Å². The predicted octanol–water partition coefficient (Wildman–Crippen LogP) is 3.15. The molecular weight excluding hydrogens is 574 g/mol. The van der Waals surface area contributed by atoms with E-state index in [2.05, 4.69) is 10.1 Å². The minimum Gasteiger partial charge on any atom is -0.481 e. The van der Waals surface area contributed by atoms with Gasteiger partial charge in [-0.25, -0.2) is 13.6 Å². The minimum atomic E-state index is -3.02. The lowest BCUT2D eigenvalue weighted by Gasteiger charge is -2.30. The summed E-state index contributed by atoms with van der Waals surface area (Å²) in [5.74, 6) is -6.80. The number of carbonyl (C=O) groups is 7. The number of esters is 2. The van der Waals surface area contributed by atoms with Crippen molar-refractivity contribution in [3.63, 3.8) is 0 Å². The highest BCUT2D eigenvalue weighted by molar-refractivity contribution is 6.35. The second kappa shape index (κ2) is 15.9. The molecule has 2 atom stereocenters. The Morgan fingerprint density at radius 3 is 1.81 bits per heavy atom. The first kappa shape index (κ1) is 35.7. The highest BCUT2D eigenvalue weighted by atomic mass is 19.3. The topological polar surface area (TPSA) is 193 Å². The van der Waals surface area contributed by atoms with Crippen molar-refractivity contribution >= 4 is 41.5 Å². The van der Waals surface area contributed by atoms with Crippen molar-refractivity contribution in [1.29, 1.82) is 0 Å². The molecule has 2 amide bonds. The van der Waals surface area contributed by atoms with Gasteiger partial charge in [0.05, 0.1) is 19.3 Å². The number of halogens is 2. The van der Waals surface area contributed by atoms with Gasteiger partial charge in [-0.2, -0.15) is 0 Å². The van der Waals surface area contributed by atoms with Crippen LogP contribution < -0.4 is 10.6 Å². The maximum atomic E-state index is 12.7. The van der Waals surface area contributed by atoms with Gasteiger partial charge in [-0.15, -0.1) is 0 Å². The van der Waals surface area contributed by atoms with E-state index in [-0.39, 0.29) is 42.5 Å². The van der Waals surface area contributed by atoms with Crippen molar-refractivity contribution in [3.05, 3.63) is 0 Å².